The molecule has 1 heterocycles. The predicted molar refractivity (Wildman–Crippen MR) is 72.7 cm³/mol. The minimum atomic E-state index is 0.655. The van der Waals surface area contributed by atoms with E-state index in [-0.39, 0.29) is 0 Å². The first-order chi connectivity index (χ1) is 7.70. The monoisotopic (exact) mass is 256 g/mol. The van der Waals surface area contributed by atoms with Gasteiger partial charge in [0.2, 0.25) is 0 Å². The Labute approximate surface area is 106 Å². The predicted octanol–water partition coefficient (Wildman–Crippen LogP) is 2.99. The second kappa shape index (κ2) is 5.30. The smallest absolute Gasteiger partial charge is 0.0519 e. The van der Waals surface area contributed by atoms with Crippen molar-refractivity contribution in [1.29, 1.82) is 0 Å². The molecule has 1 aromatic carbocycles. The van der Waals surface area contributed by atoms with Crippen LogP contribution in [-0.4, -0.2) is 24.9 Å². The van der Waals surface area contributed by atoms with Crippen molar-refractivity contribution < 1.29 is 0 Å². The zero-order chi connectivity index (χ0) is 11.5. The molecule has 88 valence electrons. The van der Waals surface area contributed by atoms with Crippen LogP contribution in [0, 0.1) is 0 Å². The summed E-state index contributed by atoms with van der Waals surface area (Å²) in [7, 11) is 0. The SMILES string of the molecule is CC1CCN(CCN)c2cc(Cl)ccc2S1. The van der Waals surface area contributed by atoms with Crippen molar-refractivity contribution in [3.63, 3.8) is 0 Å². The lowest BCUT2D eigenvalue weighted by molar-refractivity contribution is 0.729. The summed E-state index contributed by atoms with van der Waals surface area (Å²) in [5, 5.41) is 1.46. The Bertz CT molecular complexity index is 370. The quantitative estimate of drug-likeness (QED) is 0.882. The summed E-state index contributed by atoms with van der Waals surface area (Å²) >= 11 is 7.99. The Balaban J connectivity index is 2.35. The molecule has 0 aromatic heterocycles. The number of rotatable bonds is 2. The van der Waals surface area contributed by atoms with Gasteiger partial charge in [0.1, 0.15) is 0 Å². The van der Waals surface area contributed by atoms with E-state index >= 15 is 0 Å². The number of hydrogen-bond acceptors (Lipinski definition) is 3. The van der Waals surface area contributed by atoms with Crippen molar-refractivity contribution in [2.75, 3.05) is 24.5 Å². The summed E-state index contributed by atoms with van der Waals surface area (Å²) in [4.78, 5) is 3.67. The van der Waals surface area contributed by atoms with Crippen LogP contribution in [0.15, 0.2) is 23.1 Å². The van der Waals surface area contributed by atoms with E-state index in [4.69, 9.17) is 17.3 Å². The molecule has 1 aromatic rings. The van der Waals surface area contributed by atoms with Crippen molar-refractivity contribution in [2.45, 2.75) is 23.5 Å². The lowest BCUT2D eigenvalue weighted by Gasteiger charge is -2.23. The molecule has 0 radical (unpaired) electrons. The van der Waals surface area contributed by atoms with Gasteiger partial charge in [0, 0.05) is 34.8 Å². The van der Waals surface area contributed by atoms with Gasteiger partial charge < -0.3 is 10.6 Å². The van der Waals surface area contributed by atoms with Crippen LogP contribution in [0.1, 0.15) is 13.3 Å². The molecule has 1 atom stereocenters. The lowest BCUT2D eigenvalue weighted by atomic mass is 10.2. The number of thioether (sulfide) groups is 1. The van der Waals surface area contributed by atoms with Gasteiger partial charge in [-0.3, -0.25) is 0 Å². The highest BCUT2D eigenvalue weighted by Gasteiger charge is 2.19. The fourth-order valence-electron chi connectivity index (χ4n) is 1.96. The number of nitrogens with zero attached hydrogens (tertiary/aromatic N) is 1. The molecule has 0 amide bonds. The maximum absolute atomic E-state index is 6.06. The van der Waals surface area contributed by atoms with Crippen molar-refractivity contribution in [2.24, 2.45) is 5.73 Å². The highest BCUT2D eigenvalue weighted by molar-refractivity contribution is 8.00. The number of halogens is 1. The average Bonchev–Trinajstić information content (AvgIpc) is 2.40. The van der Waals surface area contributed by atoms with Gasteiger partial charge in [0.25, 0.3) is 0 Å². The first kappa shape index (κ1) is 12.1. The summed E-state index contributed by atoms with van der Waals surface area (Å²) in [5.74, 6) is 0. The third kappa shape index (κ3) is 2.65. The van der Waals surface area contributed by atoms with Crippen LogP contribution in [0.5, 0.6) is 0 Å². The van der Waals surface area contributed by atoms with E-state index in [1.54, 1.807) is 0 Å². The van der Waals surface area contributed by atoms with Crippen molar-refractivity contribution in [3.05, 3.63) is 23.2 Å². The van der Waals surface area contributed by atoms with E-state index in [9.17, 15) is 0 Å². The number of anilines is 1. The summed E-state index contributed by atoms with van der Waals surface area (Å²) < 4.78 is 0. The number of fused-ring (bicyclic) bond motifs is 1. The maximum atomic E-state index is 6.06. The molecule has 0 spiro atoms. The molecule has 2 nitrogen and oxygen atoms in total. The number of benzene rings is 1. The van der Waals surface area contributed by atoms with E-state index < -0.39 is 0 Å². The first-order valence-corrected chi connectivity index (χ1v) is 6.87. The van der Waals surface area contributed by atoms with Crippen LogP contribution in [0.4, 0.5) is 5.69 Å². The Morgan fingerprint density at radius 1 is 1.56 bits per heavy atom. The molecule has 1 aliphatic heterocycles. The average molecular weight is 257 g/mol. The van der Waals surface area contributed by atoms with Gasteiger partial charge in [-0.05, 0) is 24.6 Å². The Hall–Kier alpha value is -0.380. The van der Waals surface area contributed by atoms with E-state index in [1.165, 1.54) is 17.0 Å². The lowest BCUT2D eigenvalue weighted by Crippen LogP contribution is -2.30. The molecule has 1 aliphatic rings. The number of nitrogens with two attached hydrogens (primary N) is 1. The van der Waals surface area contributed by atoms with Gasteiger partial charge in [-0.1, -0.05) is 18.5 Å². The summed E-state index contributed by atoms with van der Waals surface area (Å²) in [6.45, 7) is 4.93. The maximum Gasteiger partial charge on any atom is 0.0519 e. The summed E-state index contributed by atoms with van der Waals surface area (Å²) in [6, 6.07) is 6.14. The molecule has 1 unspecified atom stereocenters. The molecule has 0 saturated heterocycles. The van der Waals surface area contributed by atoms with Gasteiger partial charge in [0.15, 0.2) is 0 Å². The van der Waals surface area contributed by atoms with Gasteiger partial charge in [-0.2, -0.15) is 0 Å². The largest absolute Gasteiger partial charge is 0.369 e. The minimum absolute atomic E-state index is 0.655. The molecule has 16 heavy (non-hydrogen) atoms. The second-order valence-electron chi connectivity index (χ2n) is 4.10. The zero-order valence-electron chi connectivity index (χ0n) is 9.45. The third-order valence-electron chi connectivity index (χ3n) is 2.79. The zero-order valence-corrected chi connectivity index (χ0v) is 11.0. The normalized spacial score (nSPS) is 20.4. The van der Waals surface area contributed by atoms with Crippen molar-refractivity contribution >= 4 is 29.1 Å². The molecule has 0 aliphatic carbocycles. The first-order valence-electron chi connectivity index (χ1n) is 5.62. The van der Waals surface area contributed by atoms with E-state index in [0.717, 1.165) is 18.1 Å². The Morgan fingerprint density at radius 2 is 2.38 bits per heavy atom. The molecular weight excluding hydrogens is 240 g/mol. The van der Waals surface area contributed by atoms with E-state index in [2.05, 4.69) is 24.0 Å². The van der Waals surface area contributed by atoms with Gasteiger partial charge in [-0.15, -0.1) is 11.8 Å². The van der Waals surface area contributed by atoms with Crippen LogP contribution in [0.2, 0.25) is 5.02 Å². The molecule has 2 N–H and O–H groups in total. The highest BCUT2D eigenvalue weighted by atomic mass is 35.5. The topological polar surface area (TPSA) is 29.3 Å². The van der Waals surface area contributed by atoms with Crippen molar-refractivity contribution in [3.8, 4) is 0 Å². The molecule has 0 bridgehead atoms. The molecule has 4 heteroatoms. The minimum Gasteiger partial charge on any atom is -0.369 e. The molecule has 0 fully saturated rings. The van der Waals surface area contributed by atoms with Crippen LogP contribution in [0.25, 0.3) is 0 Å². The molecule has 2 rings (SSSR count). The fourth-order valence-corrected chi connectivity index (χ4v) is 3.24. The standard InChI is InChI=1S/C12H17ClN2S/c1-9-4-6-15(7-5-14)11-8-10(13)2-3-12(11)16-9/h2-3,8-9H,4-7,14H2,1H3. The van der Waals surface area contributed by atoms with Crippen LogP contribution in [0.3, 0.4) is 0 Å². The van der Waals surface area contributed by atoms with Crippen LogP contribution in [-0.2, 0) is 0 Å². The van der Waals surface area contributed by atoms with E-state index in [1.807, 2.05) is 17.8 Å². The van der Waals surface area contributed by atoms with Crippen LogP contribution < -0.4 is 10.6 Å². The second-order valence-corrected chi connectivity index (χ2v) is 6.02. The summed E-state index contributed by atoms with van der Waals surface area (Å²) in [5.41, 5.74) is 6.90. The Kier molecular flexibility index (Phi) is 4.00. The Morgan fingerprint density at radius 3 is 3.12 bits per heavy atom. The highest BCUT2D eigenvalue weighted by Crippen LogP contribution is 2.38. The molecule has 0 saturated carbocycles. The van der Waals surface area contributed by atoms with Gasteiger partial charge in [-0.25, -0.2) is 0 Å². The van der Waals surface area contributed by atoms with Gasteiger partial charge >= 0.3 is 0 Å². The van der Waals surface area contributed by atoms with E-state index in [0.29, 0.717) is 11.8 Å². The summed E-state index contributed by atoms with van der Waals surface area (Å²) in [6.07, 6.45) is 1.19. The third-order valence-corrected chi connectivity index (χ3v) is 4.27. The van der Waals surface area contributed by atoms with Gasteiger partial charge in [0.05, 0.1) is 5.69 Å². The number of hydrogen-bond donors (Lipinski definition) is 1. The fraction of sp³-hybridized carbons (Fsp3) is 0.500. The van der Waals surface area contributed by atoms with Crippen molar-refractivity contribution in [1.82, 2.24) is 0 Å². The van der Waals surface area contributed by atoms with Crippen LogP contribution >= 0.6 is 23.4 Å². The molecular formula is C12H17ClN2S.